The van der Waals surface area contributed by atoms with Gasteiger partial charge in [-0.15, -0.1) is 0 Å². The summed E-state index contributed by atoms with van der Waals surface area (Å²) in [4.78, 5) is 0. The van der Waals surface area contributed by atoms with Crippen LogP contribution in [0.25, 0.3) is 5.57 Å². The fourth-order valence-corrected chi connectivity index (χ4v) is 3.00. The third-order valence-corrected chi connectivity index (χ3v) is 4.86. The van der Waals surface area contributed by atoms with E-state index in [4.69, 9.17) is 28.4 Å². The van der Waals surface area contributed by atoms with Crippen LogP contribution in [0.1, 0.15) is 29.2 Å². The van der Waals surface area contributed by atoms with Crippen molar-refractivity contribution in [1.29, 1.82) is 0 Å². The molecule has 0 aliphatic carbocycles. The Hall–Kier alpha value is -1.28. The predicted molar refractivity (Wildman–Crippen MR) is 99.3 cm³/mol. The van der Waals surface area contributed by atoms with Crippen LogP contribution in [0.15, 0.2) is 18.7 Å². The predicted octanol–water partition coefficient (Wildman–Crippen LogP) is 2.47. The van der Waals surface area contributed by atoms with Crippen LogP contribution in [-0.4, -0.2) is 58.0 Å². The van der Waals surface area contributed by atoms with Crippen LogP contribution in [0, 0.1) is 0 Å². The lowest BCUT2D eigenvalue weighted by Crippen LogP contribution is -2.12. The Morgan fingerprint density at radius 3 is 1.81 bits per heavy atom. The summed E-state index contributed by atoms with van der Waals surface area (Å²) in [6.07, 6.45) is 0.746. The minimum atomic E-state index is 0.243. The molecule has 3 fully saturated rings. The van der Waals surface area contributed by atoms with Gasteiger partial charge in [0.05, 0.1) is 59.5 Å². The van der Waals surface area contributed by atoms with E-state index in [1.165, 1.54) is 0 Å². The lowest BCUT2D eigenvalue weighted by molar-refractivity contribution is 0.0846. The van der Waals surface area contributed by atoms with Crippen LogP contribution in [0.5, 0.6) is 0 Å². The van der Waals surface area contributed by atoms with Gasteiger partial charge in [-0.25, -0.2) is 0 Å². The van der Waals surface area contributed by atoms with Gasteiger partial charge in [-0.2, -0.15) is 0 Å². The Morgan fingerprint density at radius 1 is 0.852 bits per heavy atom. The monoisotopic (exact) mass is 376 g/mol. The van der Waals surface area contributed by atoms with Crippen molar-refractivity contribution < 1.29 is 28.4 Å². The summed E-state index contributed by atoms with van der Waals surface area (Å²) in [5, 5.41) is 0. The molecule has 0 aromatic heterocycles. The average molecular weight is 376 g/mol. The first-order valence-corrected chi connectivity index (χ1v) is 9.58. The van der Waals surface area contributed by atoms with E-state index in [0.717, 1.165) is 47.6 Å². The third kappa shape index (κ3) is 5.85. The molecule has 148 valence electrons. The molecule has 27 heavy (non-hydrogen) atoms. The molecule has 3 atom stereocenters. The summed E-state index contributed by atoms with van der Waals surface area (Å²) in [5.41, 5.74) is 5.51. The fourth-order valence-electron chi connectivity index (χ4n) is 3.00. The quantitative estimate of drug-likeness (QED) is 0.493. The summed E-state index contributed by atoms with van der Waals surface area (Å²) >= 11 is 0. The van der Waals surface area contributed by atoms with E-state index in [2.05, 4.69) is 18.7 Å². The Labute approximate surface area is 160 Å². The highest BCUT2D eigenvalue weighted by Crippen LogP contribution is 2.28. The molecule has 1 aromatic rings. The van der Waals surface area contributed by atoms with E-state index in [9.17, 15) is 0 Å². The number of benzene rings is 1. The largest absolute Gasteiger partial charge is 0.374 e. The van der Waals surface area contributed by atoms with E-state index in [0.29, 0.717) is 39.6 Å². The normalized spacial score (nSPS) is 25.4. The van der Waals surface area contributed by atoms with Crippen LogP contribution in [-0.2, 0) is 48.2 Å². The van der Waals surface area contributed by atoms with Gasteiger partial charge in [0, 0.05) is 0 Å². The molecule has 1 aromatic carbocycles. The van der Waals surface area contributed by atoms with Crippen molar-refractivity contribution >= 4 is 5.57 Å². The summed E-state index contributed by atoms with van der Waals surface area (Å²) in [6.45, 7) is 12.0. The number of epoxide rings is 3. The number of hydrogen-bond acceptors (Lipinski definition) is 6. The maximum atomic E-state index is 5.92. The van der Waals surface area contributed by atoms with Crippen LogP contribution in [0.4, 0.5) is 0 Å². The highest BCUT2D eigenvalue weighted by atomic mass is 16.6. The standard InChI is InChI=1S/C21H28O6/c1-14(2)19-4-3-15(5-22-6-16-9-25-16)20(12-23-7-17-10-26-17)21(19)13-24-8-18-11-27-18/h3-4,16-18H,1,5-13H2,2H3. The fraction of sp³-hybridized carbons (Fsp3) is 0.619. The van der Waals surface area contributed by atoms with Crippen molar-refractivity contribution in [2.24, 2.45) is 0 Å². The first kappa shape index (κ1) is 19.1. The van der Waals surface area contributed by atoms with E-state index >= 15 is 0 Å². The summed E-state index contributed by atoms with van der Waals surface area (Å²) < 4.78 is 33.4. The second kappa shape index (κ2) is 8.82. The second-order valence-electron chi connectivity index (χ2n) is 7.42. The Bertz CT molecular complexity index is 661. The summed E-state index contributed by atoms with van der Waals surface area (Å²) in [5.74, 6) is 0. The van der Waals surface area contributed by atoms with Gasteiger partial charge in [-0.05, 0) is 29.2 Å². The van der Waals surface area contributed by atoms with Gasteiger partial charge in [0.1, 0.15) is 18.3 Å². The first-order valence-electron chi connectivity index (χ1n) is 9.58. The second-order valence-corrected chi connectivity index (χ2v) is 7.42. The molecule has 3 heterocycles. The van der Waals surface area contributed by atoms with E-state index in [1.54, 1.807) is 0 Å². The van der Waals surface area contributed by atoms with Gasteiger partial charge >= 0.3 is 0 Å². The summed E-state index contributed by atoms with van der Waals surface area (Å²) in [6, 6.07) is 4.21. The Kier molecular flexibility index (Phi) is 6.22. The smallest absolute Gasteiger partial charge is 0.104 e. The lowest BCUT2D eigenvalue weighted by atomic mass is 9.93. The van der Waals surface area contributed by atoms with Crippen LogP contribution in [0.3, 0.4) is 0 Å². The minimum Gasteiger partial charge on any atom is -0.374 e. The number of rotatable bonds is 13. The SMILES string of the molecule is C=C(C)c1ccc(COCC2CO2)c(COCC2CO2)c1COCC1CO1. The molecular formula is C21H28O6. The van der Waals surface area contributed by atoms with Gasteiger partial charge in [0.25, 0.3) is 0 Å². The van der Waals surface area contributed by atoms with Crippen molar-refractivity contribution in [3.63, 3.8) is 0 Å². The Morgan fingerprint density at radius 2 is 1.33 bits per heavy atom. The van der Waals surface area contributed by atoms with Gasteiger partial charge < -0.3 is 28.4 Å². The highest BCUT2D eigenvalue weighted by molar-refractivity contribution is 5.66. The number of allylic oxidation sites excluding steroid dienone is 1. The molecule has 0 amide bonds. The molecule has 6 heteroatoms. The third-order valence-electron chi connectivity index (χ3n) is 4.86. The van der Waals surface area contributed by atoms with Crippen molar-refractivity contribution in [2.45, 2.75) is 45.1 Å². The Balaban J connectivity index is 1.49. The van der Waals surface area contributed by atoms with Gasteiger partial charge in [-0.1, -0.05) is 24.3 Å². The van der Waals surface area contributed by atoms with Crippen molar-refractivity contribution in [3.05, 3.63) is 41.0 Å². The molecule has 0 saturated carbocycles. The van der Waals surface area contributed by atoms with E-state index in [1.807, 2.05) is 6.92 Å². The molecule has 6 nitrogen and oxygen atoms in total. The highest BCUT2D eigenvalue weighted by Gasteiger charge is 2.25. The molecule has 0 spiro atoms. The molecule has 4 rings (SSSR count). The maximum Gasteiger partial charge on any atom is 0.104 e. The van der Waals surface area contributed by atoms with Gasteiger partial charge in [-0.3, -0.25) is 0 Å². The van der Waals surface area contributed by atoms with E-state index < -0.39 is 0 Å². The molecule has 3 saturated heterocycles. The van der Waals surface area contributed by atoms with Crippen LogP contribution in [0.2, 0.25) is 0 Å². The van der Waals surface area contributed by atoms with Crippen LogP contribution >= 0.6 is 0 Å². The van der Waals surface area contributed by atoms with E-state index in [-0.39, 0.29) is 18.3 Å². The van der Waals surface area contributed by atoms with Crippen LogP contribution < -0.4 is 0 Å². The molecule has 0 N–H and O–H groups in total. The maximum absolute atomic E-state index is 5.92. The van der Waals surface area contributed by atoms with Gasteiger partial charge in [0.15, 0.2) is 0 Å². The molecule has 0 radical (unpaired) electrons. The topological polar surface area (TPSA) is 65.3 Å². The lowest BCUT2D eigenvalue weighted by Gasteiger charge is -2.19. The van der Waals surface area contributed by atoms with Crippen molar-refractivity contribution in [1.82, 2.24) is 0 Å². The number of hydrogen-bond donors (Lipinski definition) is 0. The van der Waals surface area contributed by atoms with Crippen molar-refractivity contribution in [2.75, 3.05) is 39.6 Å². The zero-order valence-electron chi connectivity index (χ0n) is 15.9. The van der Waals surface area contributed by atoms with Gasteiger partial charge in [0.2, 0.25) is 0 Å². The molecule has 3 aliphatic heterocycles. The van der Waals surface area contributed by atoms with Crippen molar-refractivity contribution in [3.8, 4) is 0 Å². The molecule has 3 aliphatic rings. The zero-order chi connectivity index (χ0) is 18.6. The first-order chi connectivity index (χ1) is 13.2. The average Bonchev–Trinajstić information content (AvgIpc) is 3.49. The zero-order valence-corrected chi connectivity index (χ0v) is 15.9. The molecule has 3 unspecified atom stereocenters. The summed E-state index contributed by atoms with van der Waals surface area (Å²) in [7, 11) is 0. The minimum absolute atomic E-state index is 0.243. The molecule has 0 bridgehead atoms. The molecular weight excluding hydrogens is 348 g/mol. The number of ether oxygens (including phenoxy) is 6.